The lowest BCUT2D eigenvalue weighted by molar-refractivity contribution is 0.669. The van der Waals surface area contributed by atoms with E-state index in [1.807, 2.05) is 84.9 Å². The number of benzene rings is 5. The van der Waals surface area contributed by atoms with Gasteiger partial charge in [-0.25, -0.2) is 0 Å². The summed E-state index contributed by atoms with van der Waals surface area (Å²) in [7, 11) is 0. The van der Waals surface area contributed by atoms with E-state index < -0.39 is 54.9 Å². The minimum absolute atomic E-state index is 0.0774. The van der Waals surface area contributed by atoms with E-state index in [9.17, 15) is 21.7 Å². The minimum atomic E-state index is -3.12. The highest BCUT2D eigenvalue weighted by Crippen LogP contribution is 2.40. The number of hydrogen-bond acceptors (Lipinski definition) is 5. The van der Waals surface area contributed by atoms with Gasteiger partial charge in [-0.2, -0.15) is 5.26 Å². The van der Waals surface area contributed by atoms with Crippen molar-refractivity contribution in [1.29, 1.82) is 5.26 Å². The zero-order chi connectivity index (χ0) is 52.4. The lowest BCUT2D eigenvalue weighted by atomic mass is 9.89. The maximum atomic E-state index is 9.83. The van der Waals surface area contributed by atoms with Gasteiger partial charge in [0.05, 0.1) is 28.7 Å². The van der Waals surface area contributed by atoms with Crippen molar-refractivity contribution in [3.05, 3.63) is 209 Å². The van der Waals surface area contributed by atoms with Crippen molar-refractivity contribution in [2.75, 3.05) is 0 Å². The van der Waals surface area contributed by atoms with Crippen LogP contribution in [-0.2, 0) is 38.2 Å². The van der Waals surface area contributed by atoms with Crippen molar-refractivity contribution in [3.8, 4) is 39.8 Å². The lowest BCUT2D eigenvalue weighted by Gasteiger charge is -2.17. The molecule has 0 unspecified atom stereocenters. The van der Waals surface area contributed by atoms with Crippen LogP contribution in [-0.4, -0.2) is 15.0 Å². The van der Waals surface area contributed by atoms with Crippen LogP contribution in [0.2, 0.25) is 0 Å². The molecule has 1 saturated carbocycles. The van der Waals surface area contributed by atoms with E-state index in [0.717, 1.165) is 52.9 Å². The Morgan fingerprint density at radius 2 is 1.11 bits per heavy atom. The average Bonchev–Trinajstić information content (AvgIpc) is 4.10. The first-order valence-electron chi connectivity index (χ1n) is 26.7. The predicted molar refractivity (Wildman–Crippen MR) is 251 cm³/mol. The molecule has 0 radical (unpaired) electrons. The largest absolute Gasteiger partial charge is 0.455 e. The quantitative estimate of drug-likeness (QED) is 0.116. The van der Waals surface area contributed by atoms with Crippen LogP contribution < -0.4 is 0 Å². The average molecular weight is 817 g/mol. The van der Waals surface area contributed by atoms with Gasteiger partial charge in [0.25, 0.3) is 0 Å². The monoisotopic (exact) mass is 816 g/mol. The minimum Gasteiger partial charge on any atom is -0.455 e. The molecule has 0 atom stereocenters. The number of pyridine rings is 3. The van der Waals surface area contributed by atoms with Crippen molar-refractivity contribution in [2.45, 2.75) is 69.8 Å². The van der Waals surface area contributed by atoms with Crippen LogP contribution in [0.3, 0.4) is 0 Å². The number of aryl methyl sites for hydroxylation is 6. The summed E-state index contributed by atoms with van der Waals surface area (Å²) in [5.41, 5.74) is 3.45. The molecule has 302 valence electrons. The topological polar surface area (TPSA) is 75.6 Å². The third kappa shape index (κ3) is 8.55. The Kier molecular flexibility index (Phi) is 7.94. The number of nitriles is 1. The Labute approximate surface area is 380 Å². The van der Waals surface area contributed by atoms with Gasteiger partial charge in [0, 0.05) is 62.5 Å². The zero-order valence-electron chi connectivity index (χ0n) is 45.7. The van der Waals surface area contributed by atoms with Crippen molar-refractivity contribution >= 4 is 21.9 Å². The second kappa shape index (κ2) is 17.8. The molecule has 9 aromatic rings. The fraction of sp³-hybridized carbons (Fsp3) is 0.193. The van der Waals surface area contributed by atoms with Crippen LogP contribution in [0.5, 0.6) is 0 Å². The van der Waals surface area contributed by atoms with Gasteiger partial charge in [-0.05, 0) is 138 Å². The van der Waals surface area contributed by atoms with Crippen LogP contribution in [0.4, 0.5) is 0 Å². The van der Waals surface area contributed by atoms with E-state index >= 15 is 0 Å². The van der Waals surface area contributed by atoms with E-state index in [2.05, 4.69) is 16.0 Å². The Morgan fingerprint density at radius 3 is 1.69 bits per heavy atom. The van der Waals surface area contributed by atoms with Crippen LogP contribution >= 0.6 is 0 Å². The molecule has 62 heavy (non-hydrogen) atoms. The van der Waals surface area contributed by atoms with E-state index in [-0.39, 0.29) is 22.6 Å². The highest BCUT2D eigenvalue weighted by molar-refractivity contribution is 6.09. The van der Waals surface area contributed by atoms with Crippen LogP contribution in [0.1, 0.15) is 92.6 Å². The van der Waals surface area contributed by atoms with Gasteiger partial charge in [0.1, 0.15) is 11.2 Å². The van der Waals surface area contributed by atoms with Gasteiger partial charge in [-0.1, -0.05) is 116 Å². The lowest BCUT2D eigenvalue weighted by Crippen LogP contribution is -2.05. The Hall–Kier alpha value is -7.16. The van der Waals surface area contributed by atoms with Crippen LogP contribution in [0.25, 0.3) is 55.7 Å². The maximum Gasteiger partial charge on any atom is 0.144 e. The zero-order valence-corrected chi connectivity index (χ0v) is 33.7. The van der Waals surface area contributed by atoms with Gasteiger partial charge in [-0.3, -0.25) is 15.0 Å². The number of aromatic nitrogens is 3. The number of rotatable bonds is 13. The van der Waals surface area contributed by atoms with E-state index in [0.29, 0.717) is 57.8 Å². The highest BCUT2D eigenvalue weighted by atomic mass is 16.3. The fourth-order valence-electron chi connectivity index (χ4n) is 8.13. The van der Waals surface area contributed by atoms with Crippen molar-refractivity contribution in [3.63, 3.8) is 0 Å². The summed E-state index contributed by atoms with van der Waals surface area (Å²) < 4.78 is 121. The molecule has 0 amide bonds. The molecule has 0 aliphatic heterocycles. The number of hydrogen-bond donors (Lipinski definition) is 0. The van der Waals surface area contributed by atoms with Crippen molar-refractivity contribution < 1.29 is 20.9 Å². The molecule has 0 saturated heterocycles. The smallest absolute Gasteiger partial charge is 0.144 e. The second-order valence-corrected chi connectivity index (χ2v) is 15.4. The molecule has 1 fully saturated rings. The van der Waals surface area contributed by atoms with Crippen molar-refractivity contribution in [1.82, 2.24) is 15.0 Å². The first-order chi connectivity index (χ1) is 35.2. The van der Waals surface area contributed by atoms with Gasteiger partial charge >= 0.3 is 0 Å². The summed E-state index contributed by atoms with van der Waals surface area (Å²) in [5.74, 6) is -0.195. The summed E-state index contributed by atoms with van der Waals surface area (Å²) in [4.78, 5) is 13.6. The highest BCUT2D eigenvalue weighted by Gasteiger charge is 2.22. The standard InChI is InChI=1S/C57H48N4O/c58-35-44-23-27-49-50-16-9-17-51(57(50)62-56(49)33-44)55-34-52(45-10-7-8-11-45)48(38-61-55)26-22-43-31-41(20-18-39-24-28-53(59-36-39)46-12-3-1-4-13-46)30-42(32-43)21-19-40-25-29-54(60-37-40)47-14-5-2-6-15-47/h1-6,9,12-17,23-25,27-34,36-38,45H,7-8,10-11,18-22,26H2/i18D2,19D2,20D2,21D2,22D2,26D2. The number of nitrogens with zero attached hydrogens (tertiary/aromatic N) is 4. The third-order valence-electron chi connectivity index (χ3n) is 11.3. The molecular weight excluding hydrogens is 757 g/mol. The molecule has 1 aliphatic rings. The molecule has 5 heteroatoms. The Morgan fingerprint density at radius 1 is 0.532 bits per heavy atom. The summed E-state index contributed by atoms with van der Waals surface area (Å²) in [6.07, 6.45) is -11.2. The normalized spacial score (nSPS) is 17.1. The summed E-state index contributed by atoms with van der Waals surface area (Å²) in [5, 5.41) is 11.1. The van der Waals surface area contributed by atoms with Gasteiger partial charge in [0.2, 0.25) is 0 Å². The molecule has 4 heterocycles. The van der Waals surface area contributed by atoms with Gasteiger partial charge in [0.15, 0.2) is 0 Å². The number of para-hydroxylation sites is 1. The van der Waals surface area contributed by atoms with Gasteiger partial charge in [-0.15, -0.1) is 0 Å². The molecular formula is C57H48N4O. The maximum absolute atomic E-state index is 9.83. The predicted octanol–water partition coefficient (Wildman–Crippen LogP) is 13.7. The molecule has 1 aliphatic carbocycles. The second-order valence-electron chi connectivity index (χ2n) is 15.4. The van der Waals surface area contributed by atoms with E-state index in [4.69, 9.17) is 9.40 Å². The molecule has 0 N–H and O–H groups in total. The molecule has 0 spiro atoms. The van der Waals surface area contributed by atoms with E-state index in [1.165, 1.54) is 30.7 Å². The van der Waals surface area contributed by atoms with Crippen LogP contribution in [0, 0.1) is 11.3 Å². The summed E-state index contributed by atoms with van der Waals surface area (Å²) in [6.45, 7) is 0. The van der Waals surface area contributed by atoms with E-state index in [1.54, 1.807) is 30.3 Å². The number of furan rings is 1. The third-order valence-corrected chi connectivity index (χ3v) is 11.3. The molecule has 10 rings (SSSR count). The number of fused-ring (bicyclic) bond motifs is 3. The first-order valence-corrected chi connectivity index (χ1v) is 20.7. The van der Waals surface area contributed by atoms with Crippen LogP contribution in [0.15, 0.2) is 169 Å². The van der Waals surface area contributed by atoms with Gasteiger partial charge < -0.3 is 4.42 Å². The summed E-state index contributed by atoms with van der Waals surface area (Å²) in [6, 6.07) is 41.9. The fourth-order valence-corrected chi connectivity index (χ4v) is 8.13. The molecule has 0 bridgehead atoms. The first kappa shape index (κ1) is 27.6. The van der Waals surface area contributed by atoms with Crippen molar-refractivity contribution in [2.24, 2.45) is 0 Å². The summed E-state index contributed by atoms with van der Waals surface area (Å²) >= 11 is 0. The molecule has 5 aromatic carbocycles. The molecule has 4 aromatic heterocycles. The Balaban J connectivity index is 1.10. The Bertz CT molecular complexity index is 3470. The molecule has 5 nitrogen and oxygen atoms in total. The SMILES string of the molecule is [2H]C([2H])(c1ccc(-c2ccccc2)nc1)C([2H])([2H])c1cc(C([2H])([2H])C([2H])([2H])c2ccc(-c3ccccc3)nc2)cc(C([2H])([2H])C([2H])([2H])c2cnc(-c3cccc4c3oc3cc(C#N)ccc34)cc2C2CCCC2)c1.